The van der Waals surface area contributed by atoms with Gasteiger partial charge in [0.05, 0.1) is 10.5 Å². The minimum Gasteiger partial charge on any atom is -0.356 e. The van der Waals surface area contributed by atoms with Gasteiger partial charge in [-0.3, -0.25) is 18.9 Å². The molecule has 6 nitrogen and oxygen atoms in total. The van der Waals surface area contributed by atoms with Crippen molar-refractivity contribution in [1.29, 1.82) is 0 Å². The molecule has 2 fully saturated rings. The fraction of sp³-hybridized carbons (Fsp3) is 0.429. The molecular weight excluding hydrogens is 404 g/mol. The highest BCUT2D eigenvalue weighted by Crippen LogP contribution is 2.34. The van der Waals surface area contributed by atoms with E-state index >= 15 is 0 Å². The van der Waals surface area contributed by atoms with Crippen LogP contribution >= 0.6 is 24.0 Å². The molecule has 152 valence electrons. The first kappa shape index (κ1) is 20.1. The summed E-state index contributed by atoms with van der Waals surface area (Å²) < 4.78 is 2.11. The van der Waals surface area contributed by atoms with E-state index in [-0.39, 0.29) is 11.5 Å². The van der Waals surface area contributed by atoms with E-state index in [2.05, 4.69) is 18.7 Å². The Labute approximate surface area is 179 Å². The smallest absolute Gasteiger partial charge is 0.267 e. The Balaban J connectivity index is 1.87. The molecular formula is C21H24N4O2S2. The Morgan fingerprint density at radius 3 is 2.69 bits per heavy atom. The molecule has 0 spiro atoms. The number of rotatable bonds is 4. The third kappa shape index (κ3) is 3.71. The largest absolute Gasteiger partial charge is 0.356 e. The van der Waals surface area contributed by atoms with Crippen LogP contribution in [0.15, 0.2) is 28.0 Å². The Bertz CT molecular complexity index is 1080. The zero-order valence-corrected chi connectivity index (χ0v) is 18.5. The van der Waals surface area contributed by atoms with Crippen molar-refractivity contribution in [1.82, 2.24) is 14.3 Å². The molecule has 2 saturated heterocycles. The Hall–Kier alpha value is -2.19. The van der Waals surface area contributed by atoms with Crippen LogP contribution < -0.4 is 10.5 Å². The third-order valence-corrected chi connectivity index (χ3v) is 6.54. The molecule has 4 heterocycles. The molecule has 0 bridgehead atoms. The summed E-state index contributed by atoms with van der Waals surface area (Å²) in [6.07, 6.45) is 5.57. The normalized spacial score (nSPS) is 18.8. The number of aromatic nitrogens is 2. The number of carbonyl (C=O) groups is 1. The van der Waals surface area contributed by atoms with Gasteiger partial charge >= 0.3 is 0 Å². The van der Waals surface area contributed by atoms with E-state index in [9.17, 15) is 9.59 Å². The summed E-state index contributed by atoms with van der Waals surface area (Å²) >= 11 is 6.68. The standard InChI is InChI=1S/C21H24N4O2S2/c1-13(2)12-25-20(27)16(29-21(25)28)11-15-18(23-8-4-5-9-23)22-17-14(3)7-6-10-24(17)19(15)26/h6-7,10-11,13H,4-5,8-9,12H2,1-3H3/b16-11-. The number of amides is 1. The molecule has 2 aliphatic heterocycles. The number of nitrogens with zero attached hydrogens (tertiary/aromatic N) is 4. The Kier molecular flexibility index (Phi) is 5.48. The van der Waals surface area contributed by atoms with Gasteiger partial charge in [-0.2, -0.15) is 0 Å². The fourth-order valence-corrected chi connectivity index (χ4v) is 5.01. The third-order valence-electron chi connectivity index (χ3n) is 5.17. The first-order valence-electron chi connectivity index (χ1n) is 9.89. The topological polar surface area (TPSA) is 57.9 Å². The van der Waals surface area contributed by atoms with Crippen molar-refractivity contribution >= 4 is 51.7 Å². The van der Waals surface area contributed by atoms with Crippen LogP contribution in [-0.4, -0.2) is 44.1 Å². The van der Waals surface area contributed by atoms with Crippen molar-refractivity contribution in [3.8, 4) is 0 Å². The van der Waals surface area contributed by atoms with Gasteiger partial charge in [-0.05, 0) is 43.4 Å². The second-order valence-corrected chi connectivity index (χ2v) is 9.60. The van der Waals surface area contributed by atoms with Crippen LogP contribution in [0, 0.1) is 12.8 Å². The lowest BCUT2D eigenvalue weighted by Gasteiger charge is -2.20. The molecule has 2 aromatic rings. The second kappa shape index (κ2) is 7.91. The maximum absolute atomic E-state index is 13.4. The molecule has 4 rings (SSSR count). The lowest BCUT2D eigenvalue weighted by molar-refractivity contribution is -0.122. The summed E-state index contributed by atoms with van der Waals surface area (Å²) in [6.45, 7) is 8.36. The zero-order chi connectivity index (χ0) is 20.7. The van der Waals surface area contributed by atoms with Gasteiger partial charge in [-0.15, -0.1) is 0 Å². The molecule has 0 unspecified atom stereocenters. The highest BCUT2D eigenvalue weighted by Gasteiger charge is 2.33. The molecule has 0 N–H and O–H groups in total. The summed E-state index contributed by atoms with van der Waals surface area (Å²) in [5, 5.41) is 0. The van der Waals surface area contributed by atoms with Crippen LogP contribution in [0.1, 0.15) is 37.8 Å². The van der Waals surface area contributed by atoms with Crippen molar-refractivity contribution in [2.75, 3.05) is 24.5 Å². The molecule has 2 aromatic heterocycles. The molecule has 0 aliphatic carbocycles. The summed E-state index contributed by atoms with van der Waals surface area (Å²) in [5.74, 6) is 0.846. The van der Waals surface area contributed by atoms with Crippen LogP contribution in [0.2, 0.25) is 0 Å². The van der Waals surface area contributed by atoms with Gasteiger partial charge in [0.15, 0.2) is 0 Å². The highest BCUT2D eigenvalue weighted by atomic mass is 32.2. The highest BCUT2D eigenvalue weighted by molar-refractivity contribution is 8.26. The SMILES string of the molecule is Cc1cccn2c(=O)c(/C=C3\SC(=S)N(CC(C)C)C3=O)c(N3CCCC3)nc12. The van der Waals surface area contributed by atoms with Gasteiger partial charge in [0.2, 0.25) is 0 Å². The van der Waals surface area contributed by atoms with Gasteiger partial charge in [0, 0.05) is 25.8 Å². The van der Waals surface area contributed by atoms with Crippen LogP contribution in [0.25, 0.3) is 11.7 Å². The zero-order valence-electron chi connectivity index (χ0n) is 16.8. The van der Waals surface area contributed by atoms with Gasteiger partial charge in [-0.25, -0.2) is 4.98 Å². The number of fused-ring (bicyclic) bond motifs is 1. The monoisotopic (exact) mass is 428 g/mol. The molecule has 29 heavy (non-hydrogen) atoms. The fourth-order valence-electron chi connectivity index (χ4n) is 3.75. The second-order valence-electron chi connectivity index (χ2n) is 7.92. The lowest BCUT2D eigenvalue weighted by atomic mass is 10.2. The van der Waals surface area contributed by atoms with Crippen LogP contribution in [-0.2, 0) is 4.79 Å². The molecule has 0 aromatic carbocycles. The van der Waals surface area contributed by atoms with Crippen molar-refractivity contribution < 1.29 is 4.79 Å². The number of hydrogen-bond donors (Lipinski definition) is 0. The molecule has 2 aliphatic rings. The van der Waals surface area contributed by atoms with Gasteiger partial charge in [0.25, 0.3) is 11.5 Å². The predicted molar refractivity (Wildman–Crippen MR) is 122 cm³/mol. The molecule has 0 atom stereocenters. The Morgan fingerprint density at radius 2 is 2.00 bits per heavy atom. The first-order chi connectivity index (χ1) is 13.9. The minimum atomic E-state index is -0.158. The number of anilines is 1. The number of thiocarbonyl (C=S) groups is 1. The molecule has 8 heteroatoms. The predicted octanol–water partition coefficient (Wildman–Crippen LogP) is 3.46. The number of thioether (sulfide) groups is 1. The van der Waals surface area contributed by atoms with Gasteiger partial charge < -0.3 is 4.90 Å². The van der Waals surface area contributed by atoms with Crippen molar-refractivity contribution in [2.24, 2.45) is 5.92 Å². The maximum Gasteiger partial charge on any atom is 0.267 e. The molecule has 0 radical (unpaired) electrons. The van der Waals surface area contributed by atoms with Crippen LogP contribution in [0.3, 0.4) is 0 Å². The van der Waals surface area contributed by atoms with E-state index in [4.69, 9.17) is 17.2 Å². The lowest BCUT2D eigenvalue weighted by Crippen LogP contribution is -2.31. The van der Waals surface area contributed by atoms with Crippen molar-refractivity contribution in [3.05, 3.63) is 44.7 Å². The van der Waals surface area contributed by atoms with Crippen molar-refractivity contribution in [2.45, 2.75) is 33.6 Å². The van der Waals surface area contributed by atoms with E-state index in [0.29, 0.717) is 38.7 Å². The minimum absolute atomic E-state index is 0.130. The van der Waals surface area contributed by atoms with E-state index < -0.39 is 0 Å². The average molecular weight is 429 g/mol. The Morgan fingerprint density at radius 1 is 1.28 bits per heavy atom. The molecule has 0 saturated carbocycles. The summed E-state index contributed by atoms with van der Waals surface area (Å²) in [5.41, 5.74) is 1.90. The summed E-state index contributed by atoms with van der Waals surface area (Å²) in [6, 6.07) is 3.79. The van der Waals surface area contributed by atoms with Crippen LogP contribution in [0.5, 0.6) is 0 Å². The van der Waals surface area contributed by atoms with Gasteiger partial charge in [-0.1, -0.05) is 43.9 Å². The first-order valence-corrected chi connectivity index (χ1v) is 11.1. The van der Waals surface area contributed by atoms with Gasteiger partial charge in [0.1, 0.15) is 15.8 Å². The summed E-state index contributed by atoms with van der Waals surface area (Å²) in [7, 11) is 0. The number of aryl methyl sites for hydroxylation is 1. The number of carbonyl (C=O) groups excluding carboxylic acids is 1. The number of pyridine rings is 1. The number of hydrogen-bond acceptors (Lipinski definition) is 6. The van der Waals surface area contributed by atoms with E-state index in [1.165, 1.54) is 11.8 Å². The van der Waals surface area contributed by atoms with E-state index in [1.807, 2.05) is 19.1 Å². The average Bonchev–Trinajstić information content (AvgIpc) is 3.29. The molecule has 1 amide bonds. The quantitative estimate of drug-likeness (QED) is 0.549. The van der Waals surface area contributed by atoms with E-state index in [1.54, 1.807) is 21.6 Å². The maximum atomic E-state index is 13.4. The summed E-state index contributed by atoms with van der Waals surface area (Å²) in [4.78, 5) is 35.4. The van der Waals surface area contributed by atoms with E-state index in [0.717, 1.165) is 31.5 Å². The van der Waals surface area contributed by atoms with Crippen molar-refractivity contribution in [3.63, 3.8) is 0 Å². The van der Waals surface area contributed by atoms with Crippen LogP contribution in [0.4, 0.5) is 5.82 Å².